The Bertz CT molecular complexity index is 661. The van der Waals surface area contributed by atoms with Crippen LogP contribution in [0.5, 0.6) is 0 Å². The van der Waals surface area contributed by atoms with Gasteiger partial charge >= 0.3 is 0 Å². The first kappa shape index (κ1) is 16.0. The molecule has 6 heteroatoms. The van der Waals surface area contributed by atoms with Crippen LogP contribution >= 0.6 is 0 Å². The quantitative estimate of drug-likeness (QED) is 0.875. The highest BCUT2D eigenvalue weighted by Gasteiger charge is 2.28. The van der Waals surface area contributed by atoms with Crippen molar-refractivity contribution in [1.29, 1.82) is 0 Å². The second-order valence-corrected chi connectivity index (χ2v) is 6.05. The highest BCUT2D eigenvalue weighted by Crippen LogP contribution is 2.22. The van der Waals surface area contributed by atoms with Gasteiger partial charge in [-0.15, -0.1) is 0 Å². The van der Waals surface area contributed by atoms with Crippen LogP contribution in [0.3, 0.4) is 0 Å². The number of H-pyrrole nitrogens is 1. The van der Waals surface area contributed by atoms with Crippen LogP contribution in [-0.4, -0.2) is 73.7 Å². The van der Waals surface area contributed by atoms with Crippen LogP contribution < -0.4 is 5.32 Å². The Morgan fingerprint density at radius 1 is 1.30 bits per heavy atom. The van der Waals surface area contributed by atoms with Gasteiger partial charge in [0.1, 0.15) is 6.04 Å². The summed E-state index contributed by atoms with van der Waals surface area (Å²) in [7, 11) is 3.75. The molecule has 0 spiro atoms. The Morgan fingerprint density at radius 2 is 2.09 bits per heavy atom. The number of carbonyl (C=O) groups excluding carboxylic acids is 1. The molecule has 1 aromatic carbocycles. The lowest BCUT2D eigenvalue weighted by molar-refractivity contribution is -0.124. The Kier molecular flexibility index (Phi) is 4.95. The maximum Gasteiger partial charge on any atom is 0.244 e. The number of piperazine rings is 1. The summed E-state index contributed by atoms with van der Waals surface area (Å²) in [4.78, 5) is 20.4. The molecule has 1 unspecified atom stereocenters. The van der Waals surface area contributed by atoms with Gasteiger partial charge in [0.2, 0.25) is 5.91 Å². The van der Waals surface area contributed by atoms with Crippen molar-refractivity contribution >= 4 is 22.5 Å². The van der Waals surface area contributed by atoms with Gasteiger partial charge in [-0.3, -0.25) is 9.69 Å². The summed E-state index contributed by atoms with van der Waals surface area (Å²) in [5.41, 5.74) is 1.77. The van der Waals surface area contributed by atoms with Crippen molar-refractivity contribution in [1.82, 2.24) is 14.8 Å². The number of anilines is 1. The SMILES string of the molecule is COCC(C(=O)Nc1cccc2cc[nH]c12)N1CCN(C)CC1. The van der Waals surface area contributed by atoms with Crippen LogP contribution in [-0.2, 0) is 9.53 Å². The monoisotopic (exact) mass is 316 g/mol. The fraction of sp³-hybridized carbons (Fsp3) is 0.471. The first-order valence-electron chi connectivity index (χ1n) is 7.97. The van der Waals surface area contributed by atoms with E-state index in [0.29, 0.717) is 6.61 Å². The standard InChI is InChI=1S/C17H24N4O2/c1-20-8-10-21(11-9-20)15(12-23-2)17(22)19-14-5-3-4-13-6-7-18-16(13)14/h3-7,15,18H,8-12H2,1-2H3,(H,19,22). The number of amides is 1. The summed E-state index contributed by atoms with van der Waals surface area (Å²) in [6.07, 6.45) is 1.88. The lowest BCUT2D eigenvalue weighted by Crippen LogP contribution is -2.54. The van der Waals surface area contributed by atoms with Crippen molar-refractivity contribution in [3.05, 3.63) is 30.5 Å². The fourth-order valence-corrected chi connectivity index (χ4v) is 3.04. The molecule has 2 N–H and O–H groups in total. The van der Waals surface area contributed by atoms with Gasteiger partial charge in [0.15, 0.2) is 0 Å². The topological polar surface area (TPSA) is 60.6 Å². The van der Waals surface area contributed by atoms with E-state index in [4.69, 9.17) is 4.74 Å². The number of carbonyl (C=O) groups is 1. The number of benzene rings is 1. The van der Waals surface area contributed by atoms with Crippen molar-refractivity contribution in [3.8, 4) is 0 Å². The van der Waals surface area contributed by atoms with E-state index in [0.717, 1.165) is 42.8 Å². The predicted molar refractivity (Wildman–Crippen MR) is 91.7 cm³/mol. The molecule has 23 heavy (non-hydrogen) atoms. The number of aromatic nitrogens is 1. The highest BCUT2D eigenvalue weighted by molar-refractivity contribution is 6.02. The smallest absolute Gasteiger partial charge is 0.244 e. The molecule has 1 aromatic heterocycles. The molecule has 1 fully saturated rings. The van der Waals surface area contributed by atoms with Gasteiger partial charge in [-0.2, -0.15) is 0 Å². The van der Waals surface area contributed by atoms with Gasteiger partial charge in [0.05, 0.1) is 17.8 Å². The third-order valence-electron chi connectivity index (χ3n) is 4.45. The van der Waals surface area contributed by atoms with Crippen molar-refractivity contribution < 1.29 is 9.53 Å². The molecule has 1 amide bonds. The van der Waals surface area contributed by atoms with E-state index in [1.165, 1.54) is 0 Å². The third-order valence-corrected chi connectivity index (χ3v) is 4.45. The Hall–Kier alpha value is -1.89. The lowest BCUT2D eigenvalue weighted by Gasteiger charge is -2.36. The van der Waals surface area contributed by atoms with Crippen LogP contribution in [0.25, 0.3) is 10.9 Å². The molecule has 1 saturated heterocycles. The number of fused-ring (bicyclic) bond motifs is 1. The molecule has 0 aliphatic carbocycles. The van der Waals surface area contributed by atoms with Crippen LogP contribution in [0.15, 0.2) is 30.5 Å². The first-order valence-corrected chi connectivity index (χ1v) is 7.97. The molecule has 3 rings (SSSR count). The van der Waals surface area contributed by atoms with Crippen LogP contribution in [0.1, 0.15) is 0 Å². The summed E-state index contributed by atoms with van der Waals surface area (Å²) in [5, 5.41) is 4.15. The van der Waals surface area contributed by atoms with Crippen LogP contribution in [0, 0.1) is 0 Å². The highest BCUT2D eigenvalue weighted by atomic mass is 16.5. The van der Waals surface area contributed by atoms with Crippen molar-refractivity contribution in [2.75, 3.05) is 52.3 Å². The van der Waals surface area contributed by atoms with Crippen molar-refractivity contribution in [2.45, 2.75) is 6.04 Å². The molecule has 1 aliphatic heterocycles. The second kappa shape index (κ2) is 7.12. The maximum absolute atomic E-state index is 12.8. The molecule has 1 atom stereocenters. The van der Waals surface area contributed by atoms with E-state index >= 15 is 0 Å². The molecule has 6 nitrogen and oxygen atoms in total. The van der Waals surface area contributed by atoms with E-state index in [2.05, 4.69) is 27.1 Å². The number of nitrogens with zero attached hydrogens (tertiary/aromatic N) is 2. The normalized spacial score (nSPS) is 18.2. The maximum atomic E-state index is 12.8. The summed E-state index contributed by atoms with van der Waals surface area (Å²) < 4.78 is 5.29. The van der Waals surface area contributed by atoms with Gasteiger partial charge in [0, 0.05) is 44.9 Å². The Balaban J connectivity index is 1.74. The van der Waals surface area contributed by atoms with Gasteiger partial charge in [-0.05, 0) is 19.2 Å². The van der Waals surface area contributed by atoms with Gasteiger partial charge < -0.3 is 19.9 Å². The first-order chi connectivity index (χ1) is 11.2. The van der Waals surface area contributed by atoms with Gasteiger partial charge in [-0.25, -0.2) is 0 Å². The minimum Gasteiger partial charge on any atom is -0.383 e. The molecule has 0 radical (unpaired) electrons. The number of hydrogen-bond acceptors (Lipinski definition) is 4. The zero-order chi connectivity index (χ0) is 16.2. The minimum atomic E-state index is -0.265. The number of likely N-dealkylation sites (N-methyl/N-ethyl adjacent to an activating group) is 1. The third kappa shape index (κ3) is 3.55. The molecule has 1 aliphatic rings. The van der Waals surface area contributed by atoms with E-state index in [9.17, 15) is 4.79 Å². The molecular formula is C17H24N4O2. The zero-order valence-electron chi connectivity index (χ0n) is 13.7. The lowest BCUT2D eigenvalue weighted by atomic mass is 10.1. The minimum absolute atomic E-state index is 0.0153. The molecule has 0 saturated carbocycles. The Morgan fingerprint density at radius 3 is 2.83 bits per heavy atom. The fourth-order valence-electron chi connectivity index (χ4n) is 3.04. The number of para-hydroxylation sites is 1. The summed E-state index contributed by atoms with van der Waals surface area (Å²) in [6.45, 7) is 4.10. The molecule has 2 heterocycles. The second-order valence-electron chi connectivity index (χ2n) is 6.05. The average molecular weight is 316 g/mol. The van der Waals surface area contributed by atoms with Crippen LogP contribution in [0.2, 0.25) is 0 Å². The number of ether oxygens (including phenoxy) is 1. The number of methoxy groups -OCH3 is 1. The molecule has 0 bridgehead atoms. The summed E-state index contributed by atoms with van der Waals surface area (Å²) in [5.74, 6) is -0.0153. The average Bonchev–Trinajstić information content (AvgIpc) is 3.03. The summed E-state index contributed by atoms with van der Waals surface area (Å²) in [6, 6.07) is 7.63. The van der Waals surface area contributed by atoms with Gasteiger partial charge in [0.25, 0.3) is 0 Å². The number of rotatable bonds is 5. The van der Waals surface area contributed by atoms with Crippen molar-refractivity contribution in [2.24, 2.45) is 0 Å². The van der Waals surface area contributed by atoms with E-state index in [1.807, 2.05) is 30.5 Å². The summed E-state index contributed by atoms with van der Waals surface area (Å²) >= 11 is 0. The predicted octanol–water partition coefficient (Wildman–Crippen LogP) is 1.37. The largest absolute Gasteiger partial charge is 0.383 e. The van der Waals surface area contributed by atoms with Crippen LogP contribution in [0.4, 0.5) is 5.69 Å². The Labute approximate surface area is 136 Å². The molecular weight excluding hydrogens is 292 g/mol. The molecule has 124 valence electrons. The van der Waals surface area contributed by atoms with Crippen molar-refractivity contribution in [3.63, 3.8) is 0 Å². The number of nitrogens with one attached hydrogen (secondary N) is 2. The van der Waals surface area contributed by atoms with Gasteiger partial charge in [-0.1, -0.05) is 12.1 Å². The zero-order valence-corrected chi connectivity index (χ0v) is 13.7. The van der Waals surface area contributed by atoms with E-state index < -0.39 is 0 Å². The number of hydrogen-bond donors (Lipinski definition) is 2. The number of aromatic amines is 1. The van der Waals surface area contributed by atoms with E-state index in [-0.39, 0.29) is 11.9 Å². The van der Waals surface area contributed by atoms with E-state index in [1.54, 1.807) is 7.11 Å². The molecule has 2 aromatic rings.